The fraction of sp³-hybridized carbons (Fsp3) is 0.917. The summed E-state index contributed by atoms with van der Waals surface area (Å²) in [5.41, 5.74) is 0. The average molecular weight is 312 g/mol. The van der Waals surface area contributed by atoms with Crippen LogP contribution in [0.5, 0.6) is 0 Å². The zero-order valence-electron chi connectivity index (χ0n) is 12.1. The van der Waals surface area contributed by atoms with E-state index in [4.69, 9.17) is 39.4 Å². The Hall–Kier alpha value is -0.810. The maximum Gasteiger partial charge on any atom is 0.317 e. The lowest BCUT2D eigenvalue weighted by atomic mass is 10.1. The summed E-state index contributed by atoms with van der Waals surface area (Å²) in [5, 5.41) is 35.2. The lowest BCUT2D eigenvalue weighted by Gasteiger charge is -2.36. The minimum absolute atomic E-state index is 0.186. The van der Waals surface area contributed by atoms with Crippen molar-refractivity contribution < 1.29 is 44.2 Å². The summed E-state index contributed by atoms with van der Waals surface area (Å²) >= 11 is 0. The highest BCUT2D eigenvalue weighted by atomic mass is 16.9. The molecule has 0 aliphatic carbocycles. The maximum absolute atomic E-state index is 11.9. The van der Waals surface area contributed by atoms with Crippen LogP contribution in [0, 0.1) is 5.92 Å². The van der Waals surface area contributed by atoms with Gasteiger partial charge in [-0.3, -0.25) is 4.79 Å². The molecule has 0 spiro atoms. The predicted molar refractivity (Wildman–Crippen MR) is 69.1 cm³/mol. The molecule has 9 nitrogen and oxygen atoms in total. The first-order valence-electron chi connectivity index (χ1n) is 6.59. The van der Waals surface area contributed by atoms with Gasteiger partial charge in [0.15, 0.2) is 0 Å². The van der Waals surface area contributed by atoms with E-state index in [-0.39, 0.29) is 52.9 Å². The van der Waals surface area contributed by atoms with Gasteiger partial charge in [0, 0.05) is 0 Å². The number of carbonyl (C=O) groups excluding carboxylic acids is 1. The Bertz CT molecular complexity index is 250. The second-order valence-electron chi connectivity index (χ2n) is 3.93. The number of aliphatic hydroxyl groups is 4. The van der Waals surface area contributed by atoms with Gasteiger partial charge in [-0.15, -0.1) is 0 Å². The van der Waals surface area contributed by atoms with Crippen molar-refractivity contribution in [2.75, 3.05) is 52.9 Å². The van der Waals surface area contributed by atoms with E-state index in [1.807, 2.05) is 0 Å². The molecule has 1 atom stereocenters. The van der Waals surface area contributed by atoms with Crippen LogP contribution in [-0.4, -0.2) is 85.2 Å². The molecule has 126 valence electrons. The molecule has 0 aliphatic heterocycles. The number of esters is 1. The maximum atomic E-state index is 11.9. The largest absolute Gasteiger partial charge is 0.463 e. The summed E-state index contributed by atoms with van der Waals surface area (Å²) in [4.78, 5) is 11.9. The first kappa shape index (κ1) is 20.2. The van der Waals surface area contributed by atoms with Crippen LogP contribution in [0.3, 0.4) is 0 Å². The summed E-state index contributed by atoms with van der Waals surface area (Å²) in [6.07, 6.45) is 0. The molecule has 0 aromatic carbocycles. The fourth-order valence-electron chi connectivity index (χ4n) is 1.48. The Kier molecular flexibility index (Phi) is 11.4. The summed E-state index contributed by atoms with van der Waals surface area (Å²) < 4.78 is 20.6. The Balaban J connectivity index is 5.02. The molecule has 0 aromatic rings. The highest BCUT2D eigenvalue weighted by Crippen LogP contribution is 2.27. The lowest BCUT2D eigenvalue weighted by Crippen LogP contribution is -2.50. The molecule has 0 amide bonds. The summed E-state index contributed by atoms with van der Waals surface area (Å²) in [6, 6.07) is 0. The first-order valence-corrected chi connectivity index (χ1v) is 6.59. The van der Waals surface area contributed by atoms with Gasteiger partial charge in [-0.25, -0.2) is 0 Å². The lowest BCUT2D eigenvalue weighted by molar-refractivity contribution is -0.401. The van der Waals surface area contributed by atoms with Gasteiger partial charge in [0.05, 0.1) is 46.2 Å². The van der Waals surface area contributed by atoms with E-state index in [1.54, 1.807) is 0 Å². The zero-order chi connectivity index (χ0) is 16.1. The third-order valence-electron chi connectivity index (χ3n) is 2.40. The van der Waals surface area contributed by atoms with Gasteiger partial charge < -0.3 is 39.4 Å². The number of hydrogen-bond acceptors (Lipinski definition) is 9. The summed E-state index contributed by atoms with van der Waals surface area (Å²) in [6.45, 7) is -0.706. The molecule has 4 N–H and O–H groups in total. The Morgan fingerprint density at radius 2 is 1.24 bits per heavy atom. The number of ether oxygens (including phenoxy) is 4. The number of hydrogen-bond donors (Lipinski definition) is 4. The smallest absolute Gasteiger partial charge is 0.317 e. The van der Waals surface area contributed by atoms with Crippen molar-refractivity contribution >= 4 is 5.97 Å². The molecule has 0 bridgehead atoms. The highest BCUT2D eigenvalue weighted by Gasteiger charge is 2.45. The van der Waals surface area contributed by atoms with Crippen molar-refractivity contribution in [3.63, 3.8) is 0 Å². The van der Waals surface area contributed by atoms with Gasteiger partial charge in [-0.2, -0.15) is 0 Å². The molecule has 0 radical (unpaired) electrons. The van der Waals surface area contributed by atoms with Crippen LogP contribution < -0.4 is 0 Å². The third kappa shape index (κ3) is 7.14. The third-order valence-corrected chi connectivity index (χ3v) is 2.40. The SMILES string of the molecule is CC(C(=O)OCCO)C(OCCO)(OCCO)OCCO. The van der Waals surface area contributed by atoms with Crippen LogP contribution in [0.4, 0.5) is 0 Å². The molecule has 21 heavy (non-hydrogen) atoms. The van der Waals surface area contributed by atoms with Crippen LogP contribution in [0.25, 0.3) is 0 Å². The number of rotatable bonds is 13. The fourth-order valence-corrected chi connectivity index (χ4v) is 1.48. The molecule has 1 unspecified atom stereocenters. The standard InChI is InChI=1S/C12H24O9/c1-10(11(17)18-6-2-13)12(19-7-3-14,20-8-4-15)21-9-5-16/h10,13-16H,2-9H2,1H3. The van der Waals surface area contributed by atoms with Crippen LogP contribution in [-0.2, 0) is 23.7 Å². The molecule has 9 heteroatoms. The van der Waals surface area contributed by atoms with Gasteiger partial charge in [0.25, 0.3) is 5.97 Å². The van der Waals surface area contributed by atoms with Crippen molar-refractivity contribution in [2.45, 2.75) is 12.9 Å². The molecule has 0 saturated carbocycles. The number of aliphatic hydroxyl groups excluding tert-OH is 4. The van der Waals surface area contributed by atoms with E-state index in [0.29, 0.717) is 0 Å². The van der Waals surface area contributed by atoms with Crippen LogP contribution in [0.1, 0.15) is 6.92 Å². The quantitative estimate of drug-likeness (QED) is 0.221. The van der Waals surface area contributed by atoms with E-state index in [1.165, 1.54) is 6.92 Å². The van der Waals surface area contributed by atoms with E-state index in [9.17, 15) is 4.79 Å². The average Bonchev–Trinajstić information content (AvgIpc) is 2.51. The van der Waals surface area contributed by atoms with Crippen LogP contribution in [0.2, 0.25) is 0 Å². The predicted octanol–water partition coefficient (Wildman–Crippen LogP) is -2.16. The van der Waals surface area contributed by atoms with Gasteiger partial charge in [-0.1, -0.05) is 0 Å². The van der Waals surface area contributed by atoms with Gasteiger partial charge in [0.1, 0.15) is 12.5 Å². The Morgan fingerprint density at radius 1 is 0.857 bits per heavy atom. The van der Waals surface area contributed by atoms with Gasteiger partial charge >= 0.3 is 5.97 Å². The molecule has 0 aliphatic rings. The van der Waals surface area contributed by atoms with E-state index in [2.05, 4.69) is 0 Å². The molecule has 0 aromatic heterocycles. The number of carbonyl (C=O) groups is 1. The van der Waals surface area contributed by atoms with E-state index < -0.39 is 17.9 Å². The normalized spacial score (nSPS) is 13.2. The Labute approximate surface area is 123 Å². The minimum atomic E-state index is -1.90. The zero-order valence-corrected chi connectivity index (χ0v) is 12.1. The van der Waals surface area contributed by atoms with Crippen molar-refractivity contribution in [1.29, 1.82) is 0 Å². The summed E-state index contributed by atoms with van der Waals surface area (Å²) in [5.74, 6) is -3.73. The highest BCUT2D eigenvalue weighted by molar-refractivity contribution is 5.72. The van der Waals surface area contributed by atoms with E-state index >= 15 is 0 Å². The van der Waals surface area contributed by atoms with Crippen molar-refractivity contribution in [2.24, 2.45) is 5.92 Å². The second-order valence-corrected chi connectivity index (χ2v) is 3.93. The first-order chi connectivity index (χ1) is 10.1. The molecule has 0 heterocycles. The van der Waals surface area contributed by atoms with E-state index in [0.717, 1.165) is 0 Å². The minimum Gasteiger partial charge on any atom is -0.463 e. The molecule has 0 rings (SSSR count). The summed E-state index contributed by atoms with van der Waals surface area (Å²) in [7, 11) is 0. The van der Waals surface area contributed by atoms with Gasteiger partial charge in [-0.05, 0) is 6.92 Å². The van der Waals surface area contributed by atoms with Crippen LogP contribution >= 0.6 is 0 Å². The van der Waals surface area contributed by atoms with Gasteiger partial charge in [0.2, 0.25) is 0 Å². The second kappa shape index (κ2) is 11.8. The topological polar surface area (TPSA) is 135 Å². The molecule has 0 fully saturated rings. The van der Waals surface area contributed by atoms with Crippen molar-refractivity contribution in [3.05, 3.63) is 0 Å². The van der Waals surface area contributed by atoms with Crippen molar-refractivity contribution in [1.82, 2.24) is 0 Å². The Morgan fingerprint density at radius 3 is 1.57 bits per heavy atom. The van der Waals surface area contributed by atoms with Crippen LogP contribution in [0.15, 0.2) is 0 Å². The van der Waals surface area contributed by atoms with Crippen molar-refractivity contribution in [3.8, 4) is 0 Å². The molecular formula is C12H24O9. The monoisotopic (exact) mass is 312 g/mol. The molecular weight excluding hydrogens is 288 g/mol. The molecule has 0 saturated heterocycles.